The standard InChI is InChI=1S/C42H67NO5/c1-26(2)28-13-19-42(23-33(44)43-22-16-27(3)25-43)21-20-40(9)29(35(28)42)11-12-31-39(8)17-15-32(48-34(45)24-37(4,5)36(46)47)38(6,7)30(39)14-18-41(31,40)10/h27-32,35H,1,11-25H2,2-10H3,(H,46,47)/t27-,28?,29-,30+,31-,32+,35-,39+,40-,41-,42-/m1/s1. The van der Waals surface area contributed by atoms with Gasteiger partial charge in [0.25, 0.3) is 0 Å². The van der Waals surface area contributed by atoms with Crippen molar-refractivity contribution in [3.05, 3.63) is 12.2 Å². The van der Waals surface area contributed by atoms with Gasteiger partial charge in [-0.25, -0.2) is 0 Å². The van der Waals surface area contributed by atoms with E-state index < -0.39 is 11.4 Å². The number of carboxylic acid groups (broad SMARTS) is 1. The van der Waals surface area contributed by atoms with Crippen LogP contribution in [0.1, 0.15) is 146 Å². The van der Waals surface area contributed by atoms with Crippen molar-refractivity contribution in [3.63, 3.8) is 0 Å². The van der Waals surface area contributed by atoms with Gasteiger partial charge in [-0.2, -0.15) is 0 Å². The van der Waals surface area contributed by atoms with Crippen LogP contribution in [0, 0.1) is 68.0 Å². The molecule has 0 spiro atoms. The number of aliphatic carboxylic acids is 1. The van der Waals surface area contributed by atoms with Crippen molar-refractivity contribution in [2.45, 2.75) is 152 Å². The van der Waals surface area contributed by atoms with Crippen LogP contribution in [0.5, 0.6) is 0 Å². The summed E-state index contributed by atoms with van der Waals surface area (Å²) >= 11 is 0. The van der Waals surface area contributed by atoms with E-state index in [9.17, 15) is 19.5 Å². The lowest BCUT2D eigenvalue weighted by Crippen LogP contribution is -2.67. The van der Waals surface area contributed by atoms with Crippen LogP contribution in [0.15, 0.2) is 12.2 Å². The Hall–Kier alpha value is -1.85. The average molecular weight is 666 g/mol. The van der Waals surface area contributed by atoms with Gasteiger partial charge in [-0.3, -0.25) is 14.4 Å². The molecule has 1 unspecified atom stereocenters. The number of hydrogen-bond donors (Lipinski definition) is 1. The van der Waals surface area contributed by atoms with E-state index in [0.717, 1.165) is 45.2 Å². The maximum Gasteiger partial charge on any atom is 0.309 e. The third-order valence-corrected chi connectivity index (χ3v) is 16.9. The third-order valence-electron chi connectivity index (χ3n) is 16.9. The molecule has 1 amide bonds. The number of likely N-dealkylation sites (tertiary alicyclic amines) is 1. The Morgan fingerprint density at radius 1 is 0.875 bits per heavy atom. The van der Waals surface area contributed by atoms with Gasteiger partial charge in [0.15, 0.2) is 0 Å². The molecule has 1 saturated heterocycles. The first-order valence-electron chi connectivity index (χ1n) is 19.6. The van der Waals surface area contributed by atoms with Gasteiger partial charge in [-0.15, -0.1) is 0 Å². The zero-order valence-corrected chi connectivity index (χ0v) is 31.9. The summed E-state index contributed by atoms with van der Waals surface area (Å²) in [6.07, 6.45) is 13.0. The Balaban J connectivity index is 1.25. The summed E-state index contributed by atoms with van der Waals surface area (Å²) in [6.45, 7) is 26.7. The molecule has 48 heavy (non-hydrogen) atoms. The predicted molar refractivity (Wildman–Crippen MR) is 190 cm³/mol. The van der Waals surface area contributed by atoms with Crippen molar-refractivity contribution in [3.8, 4) is 0 Å². The zero-order chi connectivity index (χ0) is 35.2. The summed E-state index contributed by atoms with van der Waals surface area (Å²) in [5.41, 5.74) is 0.726. The maximum absolute atomic E-state index is 13.9. The average Bonchev–Trinajstić information content (AvgIpc) is 3.59. The molecule has 0 bridgehead atoms. The van der Waals surface area contributed by atoms with Crippen LogP contribution in [0.4, 0.5) is 0 Å². The van der Waals surface area contributed by atoms with Crippen LogP contribution in [-0.2, 0) is 19.1 Å². The van der Waals surface area contributed by atoms with Crippen LogP contribution in [0.3, 0.4) is 0 Å². The van der Waals surface area contributed by atoms with Gasteiger partial charge in [-0.05, 0) is 149 Å². The highest BCUT2D eigenvalue weighted by atomic mass is 16.5. The molecule has 6 nitrogen and oxygen atoms in total. The molecular formula is C42H67NO5. The van der Waals surface area contributed by atoms with Crippen LogP contribution < -0.4 is 0 Å². The number of carbonyl (C=O) groups is 3. The summed E-state index contributed by atoms with van der Waals surface area (Å²) in [6, 6.07) is 0. The van der Waals surface area contributed by atoms with Gasteiger partial charge in [0.05, 0.1) is 11.8 Å². The smallest absolute Gasteiger partial charge is 0.309 e. The third kappa shape index (κ3) is 5.33. The van der Waals surface area contributed by atoms with Crippen molar-refractivity contribution in [2.75, 3.05) is 13.1 Å². The number of esters is 1. The number of carboxylic acids is 1. The summed E-state index contributed by atoms with van der Waals surface area (Å²) < 4.78 is 6.18. The molecule has 0 aromatic rings. The monoisotopic (exact) mass is 666 g/mol. The summed E-state index contributed by atoms with van der Waals surface area (Å²) in [5, 5.41) is 9.59. The number of fused-ring (bicyclic) bond motifs is 7. The van der Waals surface area contributed by atoms with Gasteiger partial charge in [-0.1, -0.05) is 53.7 Å². The minimum absolute atomic E-state index is 0.103. The van der Waals surface area contributed by atoms with Crippen molar-refractivity contribution < 1.29 is 24.2 Å². The van der Waals surface area contributed by atoms with E-state index in [-0.39, 0.29) is 45.6 Å². The van der Waals surface area contributed by atoms with Crippen LogP contribution >= 0.6 is 0 Å². The van der Waals surface area contributed by atoms with Crippen LogP contribution in [-0.4, -0.2) is 47.0 Å². The molecule has 0 aromatic carbocycles. The second-order valence-electron chi connectivity index (χ2n) is 20.2. The molecule has 1 N–H and O–H groups in total. The first kappa shape index (κ1) is 36.0. The quantitative estimate of drug-likeness (QED) is 0.216. The lowest BCUT2D eigenvalue weighted by molar-refractivity contribution is -0.250. The van der Waals surface area contributed by atoms with Crippen molar-refractivity contribution in [2.24, 2.45) is 68.0 Å². The van der Waals surface area contributed by atoms with E-state index in [4.69, 9.17) is 4.74 Å². The second kappa shape index (κ2) is 11.9. The Bertz CT molecular complexity index is 1330. The second-order valence-corrected chi connectivity index (χ2v) is 20.2. The summed E-state index contributed by atoms with van der Waals surface area (Å²) in [5.74, 6) is 2.41. The number of amides is 1. The minimum Gasteiger partial charge on any atom is -0.481 e. The van der Waals surface area contributed by atoms with Gasteiger partial charge in [0.2, 0.25) is 5.91 Å². The van der Waals surface area contributed by atoms with Gasteiger partial charge < -0.3 is 14.7 Å². The van der Waals surface area contributed by atoms with E-state index >= 15 is 0 Å². The van der Waals surface area contributed by atoms with Gasteiger partial charge in [0.1, 0.15) is 6.10 Å². The summed E-state index contributed by atoms with van der Waals surface area (Å²) in [4.78, 5) is 40.9. The van der Waals surface area contributed by atoms with E-state index in [1.807, 2.05) is 0 Å². The Labute approximate surface area is 291 Å². The Morgan fingerprint density at radius 2 is 1.58 bits per heavy atom. The molecular weight excluding hydrogens is 598 g/mol. The summed E-state index contributed by atoms with van der Waals surface area (Å²) in [7, 11) is 0. The fraction of sp³-hybridized carbons (Fsp3) is 0.881. The highest BCUT2D eigenvalue weighted by molar-refractivity contribution is 5.81. The SMILES string of the molecule is C=C(C)C1CC[C@]2(CC(=O)N3CC[C@@H](C)C3)CC[C@]3(C)[C@H](CC[C@@H]4[C@@]5(C)CC[C@H](OC(=O)CC(C)(C)C(=O)O)C(C)(C)[C@@H]5CC[C@]43C)[C@@H]12. The van der Waals surface area contributed by atoms with Crippen LogP contribution in [0.25, 0.3) is 0 Å². The zero-order valence-electron chi connectivity index (χ0n) is 31.9. The maximum atomic E-state index is 13.9. The Kier molecular flexibility index (Phi) is 8.88. The molecule has 0 radical (unpaired) electrons. The lowest BCUT2D eigenvalue weighted by Gasteiger charge is -2.73. The number of nitrogens with zero attached hydrogens (tertiary/aromatic N) is 1. The predicted octanol–water partition coefficient (Wildman–Crippen LogP) is 9.32. The fourth-order valence-electron chi connectivity index (χ4n) is 14.0. The van der Waals surface area contributed by atoms with E-state index in [1.54, 1.807) is 13.8 Å². The number of allylic oxidation sites excluding steroid dienone is 1. The molecule has 5 saturated carbocycles. The largest absolute Gasteiger partial charge is 0.481 e. The first-order valence-corrected chi connectivity index (χ1v) is 19.6. The van der Waals surface area contributed by atoms with E-state index in [0.29, 0.717) is 41.4 Å². The molecule has 1 aliphatic heterocycles. The molecule has 270 valence electrons. The van der Waals surface area contributed by atoms with Gasteiger partial charge in [0, 0.05) is 24.9 Å². The van der Waals surface area contributed by atoms with Crippen molar-refractivity contribution >= 4 is 17.8 Å². The molecule has 11 atom stereocenters. The molecule has 6 fully saturated rings. The molecule has 6 rings (SSSR count). The van der Waals surface area contributed by atoms with Crippen molar-refractivity contribution in [1.29, 1.82) is 0 Å². The number of hydrogen-bond acceptors (Lipinski definition) is 4. The minimum atomic E-state index is -1.13. The molecule has 1 heterocycles. The van der Waals surface area contributed by atoms with Crippen LogP contribution in [0.2, 0.25) is 0 Å². The molecule has 5 aliphatic carbocycles. The van der Waals surface area contributed by atoms with Crippen molar-refractivity contribution in [1.82, 2.24) is 4.90 Å². The topological polar surface area (TPSA) is 83.9 Å². The Morgan fingerprint density at radius 3 is 2.21 bits per heavy atom. The molecule has 6 aliphatic rings. The number of carbonyl (C=O) groups excluding carboxylic acids is 2. The lowest BCUT2D eigenvalue weighted by atomic mass is 9.32. The van der Waals surface area contributed by atoms with E-state index in [2.05, 4.69) is 59.9 Å². The molecule has 6 heteroatoms. The molecule has 0 aromatic heterocycles. The first-order chi connectivity index (χ1) is 22.2. The highest BCUT2D eigenvalue weighted by Crippen LogP contribution is 2.78. The normalized spacial score (nSPS) is 44.9. The highest BCUT2D eigenvalue weighted by Gasteiger charge is 2.71. The number of ether oxygens (including phenoxy) is 1. The van der Waals surface area contributed by atoms with Gasteiger partial charge >= 0.3 is 11.9 Å². The fourth-order valence-corrected chi connectivity index (χ4v) is 14.0. The number of rotatable bonds is 7. The van der Waals surface area contributed by atoms with E-state index in [1.165, 1.54) is 50.5 Å².